The lowest BCUT2D eigenvalue weighted by Gasteiger charge is -2.13. The highest BCUT2D eigenvalue weighted by Crippen LogP contribution is 2.34. The Morgan fingerprint density at radius 3 is 2.30 bits per heavy atom. The van der Waals surface area contributed by atoms with E-state index in [1.54, 1.807) is 12.1 Å². The second-order valence-electron chi connectivity index (χ2n) is 4.51. The SMILES string of the molecule is Cc1ccc(Cl)c(-c2cc(OC(F)(F)F)ccc2C)c1. The average Bonchev–Trinajstić information content (AvgIpc) is 2.33. The van der Waals surface area contributed by atoms with Crippen molar-refractivity contribution >= 4 is 11.6 Å². The highest BCUT2D eigenvalue weighted by molar-refractivity contribution is 6.33. The first-order chi connectivity index (χ1) is 9.26. The Morgan fingerprint density at radius 1 is 0.950 bits per heavy atom. The van der Waals surface area contributed by atoms with Crippen molar-refractivity contribution in [1.82, 2.24) is 0 Å². The number of ether oxygens (including phenoxy) is 1. The maximum Gasteiger partial charge on any atom is 0.573 e. The van der Waals surface area contributed by atoms with Crippen LogP contribution in [-0.4, -0.2) is 6.36 Å². The Hall–Kier alpha value is -1.68. The first-order valence-corrected chi connectivity index (χ1v) is 6.27. The summed E-state index contributed by atoms with van der Waals surface area (Å²) in [7, 11) is 0. The predicted molar refractivity (Wildman–Crippen MR) is 73.0 cm³/mol. The molecule has 20 heavy (non-hydrogen) atoms. The molecule has 0 radical (unpaired) electrons. The van der Waals surface area contributed by atoms with Gasteiger partial charge >= 0.3 is 6.36 Å². The second-order valence-corrected chi connectivity index (χ2v) is 4.92. The van der Waals surface area contributed by atoms with Crippen molar-refractivity contribution in [3.63, 3.8) is 0 Å². The van der Waals surface area contributed by atoms with Crippen LogP contribution in [0.15, 0.2) is 36.4 Å². The number of hydrogen-bond donors (Lipinski definition) is 0. The summed E-state index contributed by atoms with van der Waals surface area (Å²) in [6.45, 7) is 3.70. The van der Waals surface area contributed by atoms with Gasteiger partial charge in [-0.25, -0.2) is 0 Å². The first-order valence-electron chi connectivity index (χ1n) is 5.89. The number of alkyl halides is 3. The molecule has 0 bridgehead atoms. The molecule has 0 spiro atoms. The van der Waals surface area contributed by atoms with E-state index in [1.807, 2.05) is 26.0 Å². The smallest absolute Gasteiger partial charge is 0.406 e. The molecule has 2 aromatic carbocycles. The number of rotatable bonds is 2. The molecule has 0 N–H and O–H groups in total. The third-order valence-electron chi connectivity index (χ3n) is 2.85. The van der Waals surface area contributed by atoms with Crippen LogP contribution in [0.1, 0.15) is 11.1 Å². The molecule has 5 heteroatoms. The fourth-order valence-corrected chi connectivity index (χ4v) is 2.15. The molecule has 2 rings (SSSR count). The lowest BCUT2D eigenvalue weighted by molar-refractivity contribution is -0.274. The van der Waals surface area contributed by atoms with Gasteiger partial charge in [0.2, 0.25) is 0 Å². The van der Waals surface area contributed by atoms with Crippen molar-refractivity contribution in [1.29, 1.82) is 0 Å². The third kappa shape index (κ3) is 3.45. The molecular weight excluding hydrogens is 289 g/mol. The van der Waals surface area contributed by atoms with Gasteiger partial charge in [0.1, 0.15) is 5.75 Å². The van der Waals surface area contributed by atoms with Gasteiger partial charge in [0, 0.05) is 10.6 Å². The van der Waals surface area contributed by atoms with E-state index in [1.165, 1.54) is 12.1 Å². The van der Waals surface area contributed by atoms with E-state index in [0.717, 1.165) is 11.1 Å². The summed E-state index contributed by atoms with van der Waals surface area (Å²) in [4.78, 5) is 0. The average molecular weight is 301 g/mol. The molecule has 0 aliphatic rings. The van der Waals surface area contributed by atoms with E-state index in [4.69, 9.17) is 11.6 Å². The van der Waals surface area contributed by atoms with Crippen LogP contribution in [0.25, 0.3) is 11.1 Å². The van der Waals surface area contributed by atoms with Crippen molar-refractivity contribution in [2.24, 2.45) is 0 Å². The van der Waals surface area contributed by atoms with Gasteiger partial charge in [-0.15, -0.1) is 13.2 Å². The summed E-state index contributed by atoms with van der Waals surface area (Å²) in [6.07, 6.45) is -4.71. The van der Waals surface area contributed by atoms with Crippen molar-refractivity contribution in [2.45, 2.75) is 20.2 Å². The molecular formula is C15H12ClF3O. The van der Waals surface area contributed by atoms with Crippen LogP contribution in [0.4, 0.5) is 13.2 Å². The minimum absolute atomic E-state index is 0.254. The minimum atomic E-state index is -4.71. The molecule has 0 saturated heterocycles. The van der Waals surface area contributed by atoms with Gasteiger partial charge in [-0.05, 0) is 49.2 Å². The normalized spacial score (nSPS) is 11.5. The lowest BCUT2D eigenvalue weighted by Crippen LogP contribution is -2.17. The van der Waals surface area contributed by atoms with Gasteiger partial charge in [-0.1, -0.05) is 29.3 Å². The fraction of sp³-hybridized carbons (Fsp3) is 0.200. The van der Waals surface area contributed by atoms with Crippen LogP contribution in [0.5, 0.6) is 5.75 Å². The van der Waals surface area contributed by atoms with Crippen LogP contribution in [0, 0.1) is 13.8 Å². The topological polar surface area (TPSA) is 9.23 Å². The Balaban J connectivity index is 2.50. The number of halogens is 4. The zero-order valence-electron chi connectivity index (χ0n) is 10.9. The molecule has 0 amide bonds. The van der Waals surface area contributed by atoms with Crippen LogP contribution in [0.2, 0.25) is 5.02 Å². The molecule has 106 valence electrons. The maximum absolute atomic E-state index is 12.3. The zero-order valence-corrected chi connectivity index (χ0v) is 11.6. The van der Waals surface area contributed by atoms with Crippen molar-refractivity contribution < 1.29 is 17.9 Å². The number of hydrogen-bond acceptors (Lipinski definition) is 1. The van der Waals surface area contributed by atoms with Crippen LogP contribution in [0.3, 0.4) is 0 Å². The summed E-state index contributed by atoms with van der Waals surface area (Å²) in [5, 5.41) is 0.489. The molecule has 0 aliphatic heterocycles. The monoisotopic (exact) mass is 300 g/mol. The molecule has 0 unspecified atom stereocenters. The van der Waals surface area contributed by atoms with Crippen molar-refractivity contribution in [2.75, 3.05) is 0 Å². The van der Waals surface area contributed by atoms with Gasteiger partial charge < -0.3 is 4.74 Å². The zero-order chi connectivity index (χ0) is 14.9. The minimum Gasteiger partial charge on any atom is -0.406 e. The molecule has 0 fully saturated rings. The van der Waals surface area contributed by atoms with E-state index in [2.05, 4.69) is 4.74 Å². The summed E-state index contributed by atoms with van der Waals surface area (Å²) < 4.78 is 40.8. The standard InChI is InChI=1S/C15H12ClF3O/c1-9-3-6-14(16)13(7-9)12-8-11(5-4-10(12)2)20-15(17,18)19/h3-8H,1-2H3. The van der Waals surface area contributed by atoms with Crippen LogP contribution in [-0.2, 0) is 0 Å². The third-order valence-corrected chi connectivity index (χ3v) is 3.18. The second kappa shape index (κ2) is 5.37. The predicted octanol–water partition coefficient (Wildman–Crippen LogP) is 5.52. The maximum atomic E-state index is 12.3. The summed E-state index contributed by atoms with van der Waals surface area (Å²) >= 11 is 6.13. The highest BCUT2D eigenvalue weighted by Gasteiger charge is 2.31. The fourth-order valence-electron chi connectivity index (χ4n) is 1.93. The number of aryl methyl sites for hydroxylation is 2. The molecule has 0 atom stereocenters. The Labute approximate surface area is 119 Å². The van der Waals surface area contributed by atoms with Gasteiger partial charge in [0.05, 0.1) is 0 Å². The van der Waals surface area contributed by atoms with Gasteiger partial charge in [0.15, 0.2) is 0 Å². The Morgan fingerprint density at radius 2 is 1.65 bits per heavy atom. The van der Waals surface area contributed by atoms with Gasteiger partial charge in [0.25, 0.3) is 0 Å². The highest BCUT2D eigenvalue weighted by atomic mass is 35.5. The van der Waals surface area contributed by atoms with E-state index in [-0.39, 0.29) is 5.75 Å². The largest absolute Gasteiger partial charge is 0.573 e. The Kier molecular flexibility index (Phi) is 3.95. The van der Waals surface area contributed by atoms with Crippen LogP contribution >= 0.6 is 11.6 Å². The summed E-state index contributed by atoms with van der Waals surface area (Å²) in [5.41, 5.74) is 3.12. The quantitative estimate of drug-likeness (QED) is 0.709. The van der Waals surface area contributed by atoms with E-state index >= 15 is 0 Å². The van der Waals surface area contributed by atoms with E-state index in [0.29, 0.717) is 16.1 Å². The van der Waals surface area contributed by atoms with Gasteiger partial charge in [-0.3, -0.25) is 0 Å². The van der Waals surface area contributed by atoms with Crippen molar-refractivity contribution in [3.05, 3.63) is 52.5 Å². The molecule has 2 aromatic rings. The van der Waals surface area contributed by atoms with E-state index in [9.17, 15) is 13.2 Å². The molecule has 0 aromatic heterocycles. The molecule has 0 aliphatic carbocycles. The lowest BCUT2D eigenvalue weighted by atomic mass is 9.99. The van der Waals surface area contributed by atoms with E-state index < -0.39 is 6.36 Å². The summed E-state index contributed by atoms with van der Waals surface area (Å²) in [6, 6.07) is 9.62. The molecule has 0 saturated carbocycles. The number of benzene rings is 2. The summed E-state index contributed by atoms with van der Waals surface area (Å²) in [5.74, 6) is -0.254. The first kappa shape index (κ1) is 14.7. The van der Waals surface area contributed by atoms with Crippen molar-refractivity contribution in [3.8, 4) is 16.9 Å². The van der Waals surface area contributed by atoms with Crippen LogP contribution < -0.4 is 4.74 Å². The Bertz CT molecular complexity index is 636. The molecule has 1 nitrogen and oxygen atoms in total. The molecule has 0 heterocycles. The van der Waals surface area contributed by atoms with Gasteiger partial charge in [-0.2, -0.15) is 0 Å².